The Morgan fingerprint density at radius 2 is 1.90 bits per heavy atom. The van der Waals surface area contributed by atoms with Gasteiger partial charge in [-0.25, -0.2) is 4.98 Å². The van der Waals surface area contributed by atoms with Crippen LogP contribution >= 0.6 is 23.2 Å². The molecule has 3 rings (SSSR count). The number of hydrogen-bond donors (Lipinski definition) is 0. The number of fused-ring (bicyclic) bond motifs is 1. The van der Waals surface area contributed by atoms with Crippen LogP contribution in [0, 0.1) is 0 Å². The Morgan fingerprint density at radius 1 is 1.15 bits per heavy atom. The third-order valence-electron chi connectivity index (χ3n) is 3.69. The van der Waals surface area contributed by atoms with Crippen molar-refractivity contribution < 1.29 is 4.79 Å². The fraction of sp³-hybridized carbons (Fsp3) is 0.333. The zero-order chi connectivity index (χ0) is 14.1. The lowest BCUT2D eigenvalue weighted by atomic mass is 10.0. The first-order valence-corrected chi connectivity index (χ1v) is 7.46. The average Bonchev–Trinajstić information content (AvgIpc) is 2.49. The number of piperidine rings is 1. The molecular weight excluding hydrogens is 295 g/mol. The summed E-state index contributed by atoms with van der Waals surface area (Å²) in [6.45, 7) is 1.60. The largest absolute Gasteiger partial charge is 0.339 e. The second-order valence-electron chi connectivity index (χ2n) is 4.98. The average molecular weight is 309 g/mol. The van der Waals surface area contributed by atoms with Crippen LogP contribution in [-0.2, 0) is 0 Å². The Balaban J connectivity index is 2.11. The van der Waals surface area contributed by atoms with Crippen molar-refractivity contribution >= 4 is 39.9 Å². The minimum Gasteiger partial charge on any atom is -0.339 e. The SMILES string of the molecule is O=C(c1cnc(Cl)c2cccc(Cl)c12)N1CCCCC1. The monoisotopic (exact) mass is 308 g/mol. The highest BCUT2D eigenvalue weighted by Crippen LogP contribution is 2.31. The number of likely N-dealkylation sites (tertiary alicyclic amines) is 1. The number of benzene rings is 1. The van der Waals surface area contributed by atoms with Gasteiger partial charge in [-0.3, -0.25) is 4.79 Å². The molecule has 0 unspecified atom stereocenters. The summed E-state index contributed by atoms with van der Waals surface area (Å²) in [4.78, 5) is 18.7. The molecule has 0 aliphatic carbocycles. The Kier molecular flexibility index (Phi) is 3.81. The zero-order valence-corrected chi connectivity index (χ0v) is 12.4. The normalized spacial score (nSPS) is 15.6. The highest BCUT2D eigenvalue weighted by Gasteiger charge is 2.22. The highest BCUT2D eigenvalue weighted by atomic mass is 35.5. The lowest BCUT2D eigenvalue weighted by Gasteiger charge is -2.27. The van der Waals surface area contributed by atoms with Crippen molar-refractivity contribution in [1.29, 1.82) is 0 Å². The van der Waals surface area contributed by atoms with Crippen LogP contribution in [0.4, 0.5) is 0 Å². The number of halogens is 2. The summed E-state index contributed by atoms with van der Waals surface area (Å²) in [6.07, 6.45) is 4.83. The van der Waals surface area contributed by atoms with Crippen LogP contribution in [0.25, 0.3) is 10.8 Å². The van der Waals surface area contributed by atoms with Gasteiger partial charge in [-0.2, -0.15) is 0 Å². The van der Waals surface area contributed by atoms with E-state index in [1.807, 2.05) is 17.0 Å². The van der Waals surface area contributed by atoms with Crippen LogP contribution in [0.15, 0.2) is 24.4 Å². The standard InChI is InChI=1S/C15H14Cl2N2O/c16-12-6-4-5-10-13(12)11(9-18-14(10)17)15(20)19-7-2-1-3-8-19/h4-6,9H,1-3,7-8H2. The van der Waals surface area contributed by atoms with Gasteiger partial charge in [0.05, 0.1) is 5.56 Å². The van der Waals surface area contributed by atoms with Crippen LogP contribution in [0.2, 0.25) is 10.2 Å². The maximum absolute atomic E-state index is 12.7. The van der Waals surface area contributed by atoms with Gasteiger partial charge in [-0.1, -0.05) is 35.3 Å². The maximum Gasteiger partial charge on any atom is 0.256 e. The Morgan fingerprint density at radius 3 is 2.65 bits per heavy atom. The van der Waals surface area contributed by atoms with Gasteiger partial charge in [0.2, 0.25) is 0 Å². The molecule has 1 saturated heterocycles. The second kappa shape index (κ2) is 5.58. The molecule has 0 radical (unpaired) electrons. The van der Waals surface area contributed by atoms with Gasteiger partial charge < -0.3 is 4.90 Å². The lowest BCUT2D eigenvalue weighted by Crippen LogP contribution is -2.35. The van der Waals surface area contributed by atoms with Gasteiger partial charge in [-0.05, 0) is 25.3 Å². The van der Waals surface area contributed by atoms with Crippen molar-refractivity contribution in [2.45, 2.75) is 19.3 Å². The summed E-state index contributed by atoms with van der Waals surface area (Å²) in [5, 5.41) is 2.33. The molecule has 1 aromatic heterocycles. The number of nitrogens with zero attached hydrogens (tertiary/aromatic N) is 2. The summed E-state index contributed by atoms with van der Waals surface area (Å²) in [6, 6.07) is 5.42. The molecule has 2 heterocycles. The van der Waals surface area contributed by atoms with Crippen LogP contribution in [-0.4, -0.2) is 28.9 Å². The predicted octanol–water partition coefficient (Wildman–Crippen LogP) is 4.17. The highest BCUT2D eigenvalue weighted by molar-refractivity contribution is 6.40. The van der Waals surface area contributed by atoms with E-state index in [4.69, 9.17) is 23.2 Å². The molecule has 3 nitrogen and oxygen atoms in total. The molecule has 0 N–H and O–H groups in total. The number of amides is 1. The number of hydrogen-bond acceptors (Lipinski definition) is 2. The molecule has 5 heteroatoms. The van der Waals surface area contributed by atoms with E-state index in [2.05, 4.69) is 4.98 Å². The summed E-state index contributed by atoms with van der Waals surface area (Å²) < 4.78 is 0. The fourth-order valence-electron chi connectivity index (χ4n) is 2.65. The van der Waals surface area contributed by atoms with E-state index in [-0.39, 0.29) is 5.91 Å². The van der Waals surface area contributed by atoms with E-state index < -0.39 is 0 Å². The van der Waals surface area contributed by atoms with E-state index >= 15 is 0 Å². The molecule has 20 heavy (non-hydrogen) atoms. The van der Waals surface area contributed by atoms with E-state index in [9.17, 15) is 4.79 Å². The number of carbonyl (C=O) groups excluding carboxylic acids is 1. The van der Waals surface area contributed by atoms with Gasteiger partial charge in [-0.15, -0.1) is 0 Å². The fourth-order valence-corrected chi connectivity index (χ4v) is 3.14. The third-order valence-corrected chi connectivity index (χ3v) is 4.30. The third kappa shape index (κ3) is 2.36. The zero-order valence-electron chi connectivity index (χ0n) is 10.9. The minimum absolute atomic E-state index is 0.00744. The topological polar surface area (TPSA) is 33.2 Å². The van der Waals surface area contributed by atoms with Gasteiger partial charge in [0.1, 0.15) is 5.15 Å². The number of aromatic nitrogens is 1. The number of pyridine rings is 1. The Bertz CT molecular complexity index is 666. The van der Waals surface area contributed by atoms with E-state index in [0.717, 1.165) is 31.3 Å². The molecule has 1 aliphatic rings. The van der Waals surface area contributed by atoms with Gasteiger partial charge in [0, 0.05) is 35.1 Å². The first kappa shape index (κ1) is 13.7. The van der Waals surface area contributed by atoms with Crippen molar-refractivity contribution in [3.05, 3.63) is 40.1 Å². The first-order valence-electron chi connectivity index (χ1n) is 6.70. The smallest absolute Gasteiger partial charge is 0.256 e. The van der Waals surface area contributed by atoms with Crippen LogP contribution < -0.4 is 0 Å². The van der Waals surface area contributed by atoms with Gasteiger partial charge in [0.15, 0.2) is 0 Å². The Hall–Kier alpha value is -1.32. The quantitative estimate of drug-likeness (QED) is 0.741. The van der Waals surface area contributed by atoms with Crippen molar-refractivity contribution in [3.63, 3.8) is 0 Å². The molecule has 2 aromatic rings. The molecule has 1 aromatic carbocycles. The van der Waals surface area contributed by atoms with Crippen molar-refractivity contribution in [1.82, 2.24) is 9.88 Å². The summed E-state index contributed by atoms with van der Waals surface area (Å²) in [5.74, 6) is -0.00744. The summed E-state index contributed by atoms with van der Waals surface area (Å²) in [7, 11) is 0. The molecule has 1 amide bonds. The first-order chi connectivity index (χ1) is 9.68. The molecule has 0 bridgehead atoms. The van der Waals surface area contributed by atoms with Crippen LogP contribution in [0.3, 0.4) is 0 Å². The van der Waals surface area contributed by atoms with Crippen molar-refractivity contribution in [2.75, 3.05) is 13.1 Å². The van der Waals surface area contributed by atoms with Gasteiger partial charge >= 0.3 is 0 Å². The predicted molar refractivity (Wildman–Crippen MR) is 81.5 cm³/mol. The molecule has 0 spiro atoms. The minimum atomic E-state index is -0.00744. The summed E-state index contributed by atoms with van der Waals surface area (Å²) >= 11 is 12.4. The molecule has 0 atom stereocenters. The molecular formula is C15H14Cl2N2O. The molecule has 104 valence electrons. The molecule has 1 fully saturated rings. The second-order valence-corrected chi connectivity index (χ2v) is 5.74. The van der Waals surface area contributed by atoms with Gasteiger partial charge in [0.25, 0.3) is 5.91 Å². The van der Waals surface area contributed by atoms with Crippen molar-refractivity contribution in [2.24, 2.45) is 0 Å². The maximum atomic E-state index is 12.7. The number of carbonyl (C=O) groups is 1. The molecule has 0 saturated carbocycles. The van der Waals surface area contributed by atoms with E-state index in [1.165, 1.54) is 12.6 Å². The summed E-state index contributed by atoms with van der Waals surface area (Å²) in [5.41, 5.74) is 0.539. The number of rotatable bonds is 1. The van der Waals surface area contributed by atoms with Crippen LogP contribution in [0.1, 0.15) is 29.6 Å². The van der Waals surface area contributed by atoms with E-state index in [1.54, 1.807) is 6.07 Å². The van der Waals surface area contributed by atoms with Crippen molar-refractivity contribution in [3.8, 4) is 0 Å². The van der Waals surface area contributed by atoms with E-state index in [0.29, 0.717) is 21.1 Å². The lowest BCUT2D eigenvalue weighted by molar-refractivity contribution is 0.0726. The molecule has 1 aliphatic heterocycles. The Labute approximate surface area is 127 Å². The van der Waals surface area contributed by atoms with Crippen LogP contribution in [0.5, 0.6) is 0 Å².